The quantitative estimate of drug-likeness (QED) is 0.250. The minimum absolute atomic E-state index is 0. The summed E-state index contributed by atoms with van der Waals surface area (Å²) in [6.07, 6.45) is 3.56. The maximum Gasteiger partial charge on any atom is 0.191 e. The van der Waals surface area contributed by atoms with Crippen LogP contribution in [-0.4, -0.2) is 63.2 Å². The van der Waals surface area contributed by atoms with Crippen LogP contribution in [0.1, 0.15) is 33.1 Å². The van der Waals surface area contributed by atoms with Gasteiger partial charge in [-0.2, -0.15) is 0 Å². The first-order valence-electron chi connectivity index (χ1n) is 9.76. The lowest BCUT2D eigenvalue weighted by Crippen LogP contribution is -2.45. The Hall–Kier alpha value is -1.02. The van der Waals surface area contributed by atoms with Crippen molar-refractivity contribution in [1.82, 2.24) is 15.5 Å². The van der Waals surface area contributed by atoms with Crippen LogP contribution >= 0.6 is 24.0 Å². The fraction of sp³-hybridized carbons (Fsp3) is 0.650. The van der Waals surface area contributed by atoms with Crippen LogP contribution in [0.25, 0.3) is 0 Å². The molecule has 1 aromatic carbocycles. The summed E-state index contributed by atoms with van der Waals surface area (Å²) in [5.41, 5.74) is 1.31. The van der Waals surface area contributed by atoms with Crippen LogP contribution in [0.3, 0.4) is 0 Å². The molecular weight excluding hydrogens is 437 g/mol. The highest BCUT2D eigenvalue weighted by atomic mass is 127. The van der Waals surface area contributed by atoms with Gasteiger partial charge in [0, 0.05) is 38.4 Å². The Morgan fingerprint density at radius 3 is 2.58 bits per heavy atom. The summed E-state index contributed by atoms with van der Waals surface area (Å²) in [5.74, 6) is 0.933. The van der Waals surface area contributed by atoms with Crippen molar-refractivity contribution in [3.8, 4) is 0 Å². The van der Waals surface area contributed by atoms with Crippen LogP contribution in [0.2, 0.25) is 0 Å². The molecule has 1 atom stereocenters. The summed E-state index contributed by atoms with van der Waals surface area (Å²) < 4.78 is 0. The Morgan fingerprint density at radius 2 is 1.92 bits per heavy atom. The second-order valence-electron chi connectivity index (χ2n) is 6.64. The summed E-state index contributed by atoms with van der Waals surface area (Å²) in [6, 6.07) is 11.1. The first kappa shape index (κ1) is 23.0. The predicted molar refractivity (Wildman–Crippen MR) is 124 cm³/mol. The number of guanidine groups is 1. The van der Waals surface area contributed by atoms with E-state index < -0.39 is 0 Å². The molecule has 0 spiro atoms. The number of hydrogen-bond donors (Lipinski definition) is 2. The van der Waals surface area contributed by atoms with E-state index in [0.29, 0.717) is 6.04 Å². The lowest BCUT2D eigenvalue weighted by Gasteiger charge is -2.20. The van der Waals surface area contributed by atoms with Crippen LogP contribution in [0.4, 0.5) is 5.69 Å². The van der Waals surface area contributed by atoms with E-state index in [9.17, 15) is 0 Å². The van der Waals surface area contributed by atoms with Gasteiger partial charge in [0.05, 0.1) is 0 Å². The van der Waals surface area contributed by atoms with E-state index >= 15 is 0 Å². The van der Waals surface area contributed by atoms with Crippen molar-refractivity contribution >= 4 is 35.6 Å². The highest BCUT2D eigenvalue weighted by molar-refractivity contribution is 14.0. The van der Waals surface area contributed by atoms with Crippen LogP contribution in [-0.2, 0) is 0 Å². The van der Waals surface area contributed by atoms with Crippen molar-refractivity contribution in [1.29, 1.82) is 0 Å². The average Bonchev–Trinajstić information content (AvgIpc) is 3.13. The van der Waals surface area contributed by atoms with Gasteiger partial charge in [-0.05, 0) is 51.0 Å². The van der Waals surface area contributed by atoms with Gasteiger partial charge in [-0.25, -0.2) is 0 Å². The smallest absolute Gasteiger partial charge is 0.191 e. The van der Waals surface area contributed by atoms with E-state index in [4.69, 9.17) is 0 Å². The molecule has 1 fully saturated rings. The molecule has 1 aliphatic heterocycles. The highest BCUT2D eigenvalue weighted by Crippen LogP contribution is 2.19. The summed E-state index contributed by atoms with van der Waals surface area (Å²) >= 11 is 0. The number of para-hydroxylation sites is 1. The largest absolute Gasteiger partial charge is 0.369 e. The maximum atomic E-state index is 4.38. The Kier molecular flexibility index (Phi) is 11.7. The molecular formula is C20H36IN5. The Balaban J connectivity index is 0.00000338. The Labute approximate surface area is 176 Å². The van der Waals surface area contributed by atoms with Gasteiger partial charge >= 0.3 is 0 Å². The van der Waals surface area contributed by atoms with Gasteiger partial charge in [0.1, 0.15) is 0 Å². The molecule has 148 valence electrons. The molecule has 0 radical (unpaired) electrons. The van der Waals surface area contributed by atoms with Crippen molar-refractivity contribution in [2.24, 2.45) is 4.99 Å². The zero-order valence-electron chi connectivity index (χ0n) is 16.6. The van der Waals surface area contributed by atoms with Crippen LogP contribution in [0.5, 0.6) is 0 Å². The van der Waals surface area contributed by atoms with Crippen molar-refractivity contribution in [3.63, 3.8) is 0 Å². The molecule has 0 bridgehead atoms. The van der Waals surface area contributed by atoms with E-state index in [-0.39, 0.29) is 24.0 Å². The van der Waals surface area contributed by atoms with Gasteiger partial charge in [0.15, 0.2) is 5.96 Å². The predicted octanol–water partition coefficient (Wildman–Crippen LogP) is 3.17. The van der Waals surface area contributed by atoms with Crippen LogP contribution in [0.15, 0.2) is 35.3 Å². The van der Waals surface area contributed by atoms with E-state index in [1.807, 2.05) is 7.05 Å². The molecule has 1 saturated heterocycles. The summed E-state index contributed by atoms with van der Waals surface area (Å²) in [7, 11) is 1.86. The topological polar surface area (TPSA) is 42.9 Å². The third-order valence-corrected chi connectivity index (χ3v) is 4.96. The average molecular weight is 473 g/mol. The zero-order chi connectivity index (χ0) is 17.9. The molecule has 6 heteroatoms. The molecule has 1 heterocycles. The molecule has 1 unspecified atom stereocenters. The summed E-state index contributed by atoms with van der Waals surface area (Å²) in [4.78, 5) is 9.30. The molecule has 0 aliphatic carbocycles. The van der Waals surface area contributed by atoms with Crippen molar-refractivity contribution in [2.45, 2.75) is 39.2 Å². The number of aliphatic imine (C=N–C) groups is 1. The number of anilines is 1. The summed E-state index contributed by atoms with van der Waals surface area (Å²) in [6.45, 7) is 11.1. The minimum Gasteiger partial charge on any atom is -0.369 e. The van der Waals surface area contributed by atoms with Gasteiger partial charge < -0.3 is 20.4 Å². The van der Waals surface area contributed by atoms with Gasteiger partial charge in [-0.15, -0.1) is 24.0 Å². The second kappa shape index (κ2) is 13.2. The zero-order valence-corrected chi connectivity index (χ0v) is 18.9. The SMILES string of the molecule is CCN(CC)CCCCNC(=NC)NC1CCN(c2ccccc2)C1.I. The normalized spacial score (nSPS) is 17.3. The number of benzene rings is 1. The van der Waals surface area contributed by atoms with Gasteiger partial charge in [0.25, 0.3) is 0 Å². The lowest BCUT2D eigenvalue weighted by atomic mass is 10.2. The van der Waals surface area contributed by atoms with Crippen molar-refractivity contribution in [3.05, 3.63) is 30.3 Å². The molecule has 26 heavy (non-hydrogen) atoms. The molecule has 2 N–H and O–H groups in total. The van der Waals surface area contributed by atoms with Gasteiger partial charge in [0.2, 0.25) is 0 Å². The number of rotatable bonds is 9. The summed E-state index contributed by atoms with van der Waals surface area (Å²) in [5, 5.41) is 7.04. The first-order valence-corrected chi connectivity index (χ1v) is 9.76. The Bertz CT molecular complexity index is 504. The minimum atomic E-state index is 0. The second-order valence-corrected chi connectivity index (χ2v) is 6.64. The fourth-order valence-electron chi connectivity index (χ4n) is 3.35. The number of nitrogens with one attached hydrogen (secondary N) is 2. The molecule has 0 saturated carbocycles. The fourth-order valence-corrected chi connectivity index (χ4v) is 3.35. The van der Waals surface area contributed by atoms with Gasteiger partial charge in [-0.1, -0.05) is 32.0 Å². The molecule has 0 amide bonds. The monoisotopic (exact) mass is 473 g/mol. The molecule has 5 nitrogen and oxygen atoms in total. The first-order chi connectivity index (χ1) is 12.3. The third kappa shape index (κ3) is 7.70. The van der Waals surface area contributed by atoms with Crippen molar-refractivity contribution < 1.29 is 0 Å². The number of nitrogens with zero attached hydrogens (tertiary/aromatic N) is 3. The number of unbranched alkanes of at least 4 members (excludes halogenated alkanes) is 1. The lowest BCUT2D eigenvalue weighted by molar-refractivity contribution is 0.297. The highest BCUT2D eigenvalue weighted by Gasteiger charge is 2.23. The van der Waals surface area contributed by atoms with Crippen LogP contribution in [0, 0.1) is 0 Å². The number of hydrogen-bond acceptors (Lipinski definition) is 3. The maximum absolute atomic E-state index is 4.38. The van der Waals surface area contributed by atoms with E-state index in [0.717, 1.165) is 45.1 Å². The number of halogens is 1. The molecule has 2 rings (SSSR count). The molecule has 1 aromatic rings. The standard InChI is InChI=1S/C20H35N5.HI/c1-4-24(5-2)15-10-9-14-22-20(21-3)23-18-13-16-25(17-18)19-11-7-6-8-12-19;/h6-8,11-12,18H,4-5,9-10,13-17H2,1-3H3,(H2,21,22,23);1H. The molecule has 0 aromatic heterocycles. The van der Waals surface area contributed by atoms with Crippen molar-refractivity contribution in [2.75, 3.05) is 51.2 Å². The van der Waals surface area contributed by atoms with Crippen LogP contribution < -0.4 is 15.5 Å². The van der Waals surface area contributed by atoms with Gasteiger partial charge in [-0.3, -0.25) is 4.99 Å². The van der Waals surface area contributed by atoms with E-state index in [1.165, 1.54) is 25.1 Å². The van der Waals surface area contributed by atoms with E-state index in [2.05, 4.69) is 69.6 Å². The Morgan fingerprint density at radius 1 is 1.19 bits per heavy atom. The third-order valence-electron chi connectivity index (χ3n) is 4.96. The molecule has 1 aliphatic rings. The van der Waals surface area contributed by atoms with E-state index in [1.54, 1.807) is 0 Å².